The summed E-state index contributed by atoms with van der Waals surface area (Å²) in [7, 11) is 0. The van der Waals surface area contributed by atoms with E-state index in [-0.39, 0.29) is 0 Å². The second kappa shape index (κ2) is 5.14. The highest BCUT2D eigenvalue weighted by molar-refractivity contribution is 5.97. The second-order valence-corrected chi connectivity index (χ2v) is 4.69. The van der Waals surface area contributed by atoms with Crippen LogP contribution in [0.2, 0.25) is 0 Å². The minimum atomic E-state index is 0.568. The van der Waals surface area contributed by atoms with Crippen molar-refractivity contribution in [3.63, 3.8) is 0 Å². The molecule has 0 bridgehead atoms. The van der Waals surface area contributed by atoms with Crippen molar-refractivity contribution in [2.45, 2.75) is 12.8 Å². The van der Waals surface area contributed by atoms with E-state index in [9.17, 15) is 0 Å². The monoisotopic (exact) mass is 251 g/mol. The molecule has 0 amide bonds. The van der Waals surface area contributed by atoms with Gasteiger partial charge in [-0.05, 0) is 36.6 Å². The Balaban J connectivity index is 1.93. The van der Waals surface area contributed by atoms with E-state index < -0.39 is 0 Å². The summed E-state index contributed by atoms with van der Waals surface area (Å²) in [6.07, 6.45) is 2.23. The Hall–Kier alpha value is -2.29. The number of para-hydroxylation sites is 2. The molecule has 0 fully saturated rings. The molecule has 0 radical (unpaired) electrons. The van der Waals surface area contributed by atoms with Crippen LogP contribution < -0.4 is 10.6 Å². The molecule has 2 N–H and O–H groups in total. The number of rotatable bonds is 1. The molecule has 3 rings (SSSR count). The van der Waals surface area contributed by atoms with Crippen LogP contribution in [0.25, 0.3) is 0 Å². The van der Waals surface area contributed by atoms with Gasteiger partial charge in [0.2, 0.25) is 5.96 Å². The van der Waals surface area contributed by atoms with Crippen LogP contribution in [-0.4, -0.2) is 12.5 Å². The number of aryl methyl sites for hydroxylation is 1. The highest BCUT2D eigenvalue weighted by Crippen LogP contribution is 2.26. The lowest BCUT2D eigenvalue weighted by atomic mass is 10.0. The van der Waals surface area contributed by atoms with Crippen molar-refractivity contribution in [1.29, 1.82) is 0 Å². The van der Waals surface area contributed by atoms with E-state index in [1.165, 1.54) is 11.3 Å². The van der Waals surface area contributed by atoms with Crippen LogP contribution in [0.5, 0.6) is 0 Å². The predicted molar refractivity (Wildman–Crippen MR) is 79.8 cm³/mol. The summed E-state index contributed by atoms with van der Waals surface area (Å²) in [4.78, 5) is 6.60. The summed E-state index contributed by atoms with van der Waals surface area (Å²) in [5.74, 6) is 0.568. The van der Waals surface area contributed by atoms with Crippen LogP contribution in [0.15, 0.2) is 59.6 Å². The average Bonchev–Trinajstić information content (AvgIpc) is 2.47. The van der Waals surface area contributed by atoms with Crippen molar-refractivity contribution >= 4 is 17.3 Å². The van der Waals surface area contributed by atoms with Crippen molar-refractivity contribution in [3.05, 3.63) is 60.2 Å². The molecule has 3 heteroatoms. The Morgan fingerprint density at radius 2 is 1.74 bits per heavy atom. The molecular formula is C16H17N3. The zero-order chi connectivity index (χ0) is 13.1. The number of fused-ring (bicyclic) bond motifs is 1. The second-order valence-electron chi connectivity index (χ2n) is 4.69. The maximum atomic E-state index is 6.17. The summed E-state index contributed by atoms with van der Waals surface area (Å²) in [6.45, 7) is 0.930. The van der Waals surface area contributed by atoms with Gasteiger partial charge in [-0.15, -0.1) is 0 Å². The number of hydrogen-bond donors (Lipinski definition) is 1. The average molecular weight is 251 g/mol. The lowest BCUT2D eigenvalue weighted by Crippen LogP contribution is -2.40. The number of benzene rings is 2. The normalized spacial score (nSPS) is 15.2. The quantitative estimate of drug-likeness (QED) is 0.625. The molecule has 3 nitrogen and oxygen atoms in total. The van der Waals surface area contributed by atoms with Crippen molar-refractivity contribution in [2.75, 3.05) is 11.4 Å². The Morgan fingerprint density at radius 3 is 2.58 bits per heavy atom. The molecule has 0 aromatic heterocycles. The van der Waals surface area contributed by atoms with E-state index in [4.69, 9.17) is 5.73 Å². The molecule has 0 unspecified atom stereocenters. The zero-order valence-corrected chi connectivity index (χ0v) is 10.8. The zero-order valence-electron chi connectivity index (χ0n) is 10.8. The first-order valence-electron chi connectivity index (χ1n) is 6.59. The summed E-state index contributed by atoms with van der Waals surface area (Å²) in [5.41, 5.74) is 9.60. The van der Waals surface area contributed by atoms with Gasteiger partial charge in [-0.25, -0.2) is 4.99 Å². The molecule has 1 heterocycles. The molecule has 2 aromatic rings. The summed E-state index contributed by atoms with van der Waals surface area (Å²) < 4.78 is 0. The molecule has 2 aromatic carbocycles. The van der Waals surface area contributed by atoms with Crippen molar-refractivity contribution < 1.29 is 0 Å². The standard InChI is InChI=1S/C16H17N3/c17-16(18-14-9-2-1-3-10-14)19-12-6-8-13-7-4-5-11-15(13)19/h1-5,7,9-11H,6,8,12H2,(H2,17,18). The molecule has 0 aliphatic carbocycles. The third-order valence-electron chi connectivity index (χ3n) is 3.39. The van der Waals surface area contributed by atoms with Gasteiger partial charge in [0.05, 0.1) is 5.69 Å². The highest BCUT2D eigenvalue weighted by atomic mass is 15.3. The molecule has 96 valence electrons. The van der Waals surface area contributed by atoms with E-state index in [1.807, 2.05) is 36.4 Å². The molecular weight excluding hydrogens is 234 g/mol. The fraction of sp³-hybridized carbons (Fsp3) is 0.188. The minimum absolute atomic E-state index is 0.568. The van der Waals surface area contributed by atoms with Gasteiger partial charge in [0.1, 0.15) is 0 Å². The van der Waals surface area contributed by atoms with Gasteiger partial charge < -0.3 is 10.6 Å². The van der Waals surface area contributed by atoms with Crippen molar-refractivity contribution in [1.82, 2.24) is 0 Å². The van der Waals surface area contributed by atoms with Crippen molar-refractivity contribution in [3.8, 4) is 0 Å². The van der Waals surface area contributed by atoms with Gasteiger partial charge in [0.25, 0.3) is 0 Å². The first kappa shape index (κ1) is 11.8. The van der Waals surface area contributed by atoms with Gasteiger partial charge in [0, 0.05) is 12.2 Å². The number of nitrogens with two attached hydrogens (primary N) is 1. The van der Waals surface area contributed by atoms with Gasteiger partial charge in [-0.2, -0.15) is 0 Å². The molecule has 0 spiro atoms. The molecule has 1 aliphatic heterocycles. The topological polar surface area (TPSA) is 41.6 Å². The van der Waals surface area contributed by atoms with E-state index in [1.54, 1.807) is 0 Å². The maximum Gasteiger partial charge on any atom is 0.201 e. The van der Waals surface area contributed by atoms with Gasteiger partial charge in [-0.3, -0.25) is 0 Å². The lowest BCUT2D eigenvalue weighted by Gasteiger charge is -2.30. The molecule has 0 atom stereocenters. The largest absolute Gasteiger partial charge is 0.369 e. The van der Waals surface area contributed by atoms with Crippen LogP contribution in [0.1, 0.15) is 12.0 Å². The van der Waals surface area contributed by atoms with Crippen LogP contribution in [0.4, 0.5) is 11.4 Å². The number of aliphatic imine (C=N–C) groups is 1. The molecule has 0 saturated carbocycles. The van der Waals surface area contributed by atoms with Crippen molar-refractivity contribution in [2.24, 2.45) is 10.7 Å². The van der Waals surface area contributed by atoms with E-state index in [0.717, 1.165) is 25.1 Å². The van der Waals surface area contributed by atoms with Crippen LogP contribution in [0, 0.1) is 0 Å². The van der Waals surface area contributed by atoms with Gasteiger partial charge in [0.15, 0.2) is 0 Å². The number of guanidine groups is 1. The van der Waals surface area contributed by atoms with Crippen LogP contribution in [-0.2, 0) is 6.42 Å². The van der Waals surface area contributed by atoms with Gasteiger partial charge in [-0.1, -0.05) is 36.4 Å². The Labute approximate surface area is 113 Å². The predicted octanol–water partition coefficient (Wildman–Crippen LogP) is 3.09. The lowest BCUT2D eigenvalue weighted by molar-refractivity contribution is 0.775. The number of hydrogen-bond acceptors (Lipinski definition) is 1. The van der Waals surface area contributed by atoms with Crippen LogP contribution >= 0.6 is 0 Å². The van der Waals surface area contributed by atoms with Gasteiger partial charge >= 0.3 is 0 Å². The van der Waals surface area contributed by atoms with E-state index >= 15 is 0 Å². The third kappa shape index (κ3) is 2.45. The SMILES string of the molecule is NC(=Nc1ccccc1)N1CCCc2ccccc21. The minimum Gasteiger partial charge on any atom is -0.369 e. The first-order chi connectivity index (χ1) is 9.34. The Bertz CT molecular complexity index is 590. The molecule has 0 saturated heterocycles. The van der Waals surface area contributed by atoms with E-state index in [2.05, 4.69) is 28.1 Å². The summed E-state index contributed by atoms with van der Waals surface area (Å²) >= 11 is 0. The first-order valence-corrected chi connectivity index (χ1v) is 6.59. The summed E-state index contributed by atoms with van der Waals surface area (Å²) in [5, 5.41) is 0. The smallest absolute Gasteiger partial charge is 0.201 e. The van der Waals surface area contributed by atoms with E-state index in [0.29, 0.717) is 5.96 Å². The number of anilines is 1. The fourth-order valence-electron chi connectivity index (χ4n) is 2.47. The van der Waals surface area contributed by atoms with Crippen LogP contribution in [0.3, 0.4) is 0 Å². The Kier molecular flexibility index (Phi) is 3.19. The Morgan fingerprint density at radius 1 is 1.00 bits per heavy atom. The fourth-order valence-corrected chi connectivity index (χ4v) is 2.47. The number of nitrogens with zero attached hydrogens (tertiary/aromatic N) is 2. The molecule has 19 heavy (non-hydrogen) atoms. The molecule has 1 aliphatic rings. The summed E-state index contributed by atoms with van der Waals surface area (Å²) in [6, 6.07) is 18.2. The highest BCUT2D eigenvalue weighted by Gasteiger charge is 2.18. The maximum absolute atomic E-state index is 6.17. The third-order valence-corrected chi connectivity index (χ3v) is 3.39.